The van der Waals surface area contributed by atoms with Gasteiger partial charge in [-0.2, -0.15) is 0 Å². The lowest BCUT2D eigenvalue weighted by Crippen LogP contribution is -2.15. The first-order valence-electron chi connectivity index (χ1n) is 5.27. The van der Waals surface area contributed by atoms with E-state index in [1.54, 1.807) is 13.2 Å². The molecule has 1 rings (SSSR count). The number of benzene rings is 1. The molecule has 1 aromatic rings. The van der Waals surface area contributed by atoms with Crippen LogP contribution < -0.4 is 4.74 Å². The van der Waals surface area contributed by atoms with Gasteiger partial charge in [0.25, 0.3) is 0 Å². The Morgan fingerprint density at radius 2 is 1.82 bits per heavy atom. The first-order valence-corrected chi connectivity index (χ1v) is 6.35. The second-order valence-electron chi connectivity index (χ2n) is 4.78. The van der Waals surface area contributed by atoms with E-state index in [4.69, 9.17) is 9.47 Å². The van der Waals surface area contributed by atoms with Crippen molar-refractivity contribution in [2.24, 2.45) is 0 Å². The summed E-state index contributed by atoms with van der Waals surface area (Å²) in [5.41, 5.74) is 1.48. The summed E-state index contributed by atoms with van der Waals surface area (Å²) in [5.74, 6) is 0.502. The number of rotatable bonds is 2. The van der Waals surface area contributed by atoms with Crippen molar-refractivity contribution >= 4 is 28.6 Å². The molecule has 1 aromatic carbocycles. The normalized spacial score (nSPS) is 11.2. The van der Waals surface area contributed by atoms with Gasteiger partial charge >= 0.3 is 5.97 Å². The minimum absolute atomic E-state index is 0.0880. The molecule has 17 heavy (non-hydrogen) atoms. The number of ether oxygens (including phenoxy) is 2. The van der Waals surface area contributed by atoms with E-state index in [2.05, 4.69) is 43.4 Å². The van der Waals surface area contributed by atoms with E-state index >= 15 is 0 Å². The molecule has 0 aromatic heterocycles. The average Bonchev–Trinajstić information content (AvgIpc) is 2.25. The van der Waals surface area contributed by atoms with E-state index in [9.17, 15) is 4.79 Å². The van der Waals surface area contributed by atoms with Crippen LogP contribution in [0.15, 0.2) is 12.1 Å². The zero-order chi connectivity index (χ0) is 13.2. The molecule has 3 nitrogen and oxygen atoms in total. The van der Waals surface area contributed by atoms with Crippen molar-refractivity contribution in [3.8, 4) is 5.75 Å². The van der Waals surface area contributed by atoms with Gasteiger partial charge in [0, 0.05) is 5.56 Å². The van der Waals surface area contributed by atoms with Gasteiger partial charge in [0.2, 0.25) is 0 Å². The van der Waals surface area contributed by atoms with Crippen molar-refractivity contribution in [1.82, 2.24) is 0 Å². The van der Waals surface area contributed by atoms with Crippen LogP contribution in [0.3, 0.4) is 0 Å². The second-order valence-corrected chi connectivity index (χ2v) is 5.94. The molecule has 0 amide bonds. The minimum atomic E-state index is -0.323. The highest BCUT2D eigenvalue weighted by Gasteiger charge is 2.23. The molecule has 0 spiro atoms. The van der Waals surface area contributed by atoms with Crippen LogP contribution in [0, 0.1) is 3.57 Å². The molecule has 0 atom stereocenters. The fraction of sp³-hybridized carbons (Fsp3) is 0.462. The van der Waals surface area contributed by atoms with Crippen LogP contribution in [0.1, 0.15) is 36.7 Å². The van der Waals surface area contributed by atoms with Crippen LogP contribution in [0.25, 0.3) is 0 Å². The SMILES string of the molecule is COC(=O)c1cc(I)c(OC)c(C(C)(C)C)c1. The van der Waals surface area contributed by atoms with Crippen molar-refractivity contribution in [2.45, 2.75) is 26.2 Å². The Bertz CT molecular complexity index is 433. The third-order valence-corrected chi connectivity index (χ3v) is 3.28. The zero-order valence-electron chi connectivity index (χ0n) is 10.8. The number of methoxy groups -OCH3 is 2. The van der Waals surface area contributed by atoms with Gasteiger partial charge < -0.3 is 9.47 Å². The zero-order valence-corrected chi connectivity index (χ0v) is 12.9. The first-order chi connectivity index (χ1) is 7.81. The molecule has 94 valence electrons. The summed E-state index contributed by atoms with van der Waals surface area (Å²) in [6.45, 7) is 6.26. The summed E-state index contributed by atoms with van der Waals surface area (Å²) < 4.78 is 11.1. The summed E-state index contributed by atoms with van der Waals surface area (Å²) in [5, 5.41) is 0. The van der Waals surface area contributed by atoms with E-state index in [-0.39, 0.29) is 11.4 Å². The molecule has 4 heteroatoms. The van der Waals surface area contributed by atoms with Crippen molar-refractivity contribution < 1.29 is 14.3 Å². The molecule has 0 heterocycles. The lowest BCUT2D eigenvalue weighted by atomic mass is 9.85. The second kappa shape index (κ2) is 5.25. The minimum Gasteiger partial charge on any atom is -0.495 e. The largest absolute Gasteiger partial charge is 0.495 e. The van der Waals surface area contributed by atoms with Gasteiger partial charge in [-0.1, -0.05) is 20.8 Å². The molecule has 0 saturated heterocycles. The maximum absolute atomic E-state index is 11.6. The Hall–Kier alpha value is -0.780. The molecular weight excluding hydrogens is 331 g/mol. The van der Waals surface area contributed by atoms with Crippen molar-refractivity contribution in [1.29, 1.82) is 0 Å². The van der Waals surface area contributed by atoms with E-state index in [0.29, 0.717) is 5.56 Å². The predicted molar refractivity (Wildman–Crippen MR) is 75.8 cm³/mol. The Labute approximate surface area is 116 Å². The lowest BCUT2D eigenvalue weighted by Gasteiger charge is -2.23. The van der Waals surface area contributed by atoms with Gasteiger partial charge in [-0.3, -0.25) is 0 Å². The summed E-state index contributed by atoms with van der Waals surface area (Å²) >= 11 is 2.17. The molecule has 0 aliphatic carbocycles. The topological polar surface area (TPSA) is 35.5 Å². The van der Waals surface area contributed by atoms with Gasteiger partial charge in [-0.25, -0.2) is 4.79 Å². The van der Waals surface area contributed by atoms with E-state index < -0.39 is 0 Å². The van der Waals surface area contributed by atoms with Crippen LogP contribution >= 0.6 is 22.6 Å². The standard InChI is InChI=1S/C13H17IO3/c1-13(2,3)9-6-8(12(15)17-5)7-10(14)11(9)16-4/h6-7H,1-5H3. The van der Waals surface area contributed by atoms with Gasteiger partial charge in [0.05, 0.1) is 23.4 Å². The van der Waals surface area contributed by atoms with Gasteiger partial charge in [-0.15, -0.1) is 0 Å². The Balaban J connectivity index is 3.44. The number of halogens is 1. The van der Waals surface area contributed by atoms with E-state index in [1.165, 1.54) is 7.11 Å². The number of esters is 1. The summed E-state index contributed by atoms with van der Waals surface area (Å²) in [7, 11) is 3.03. The molecule has 0 N–H and O–H groups in total. The number of hydrogen-bond donors (Lipinski definition) is 0. The smallest absolute Gasteiger partial charge is 0.337 e. The molecule has 0 aliphatic heterocycles. The quantitative estimate of drug-likeness (QED) is 0.607. The predicted octanol–water partition coefficient (Wildman–Crippen LogP) is 3.38. The highest BCUT2D eigenvalue weighted by molar-refractivity contribution is 14.1. The third-order valence-electron chi connectivity index (χ3n) is 2.48. The maximum Gasteiger partial charge on any atom is 0.337 e. The molecule has 0 unspecified atom stereocenters. The van der Waals surface area contributed by atoms with Crippen molar-refractivity contribution in [3.63, 3.8) is 0 Å². The van der Waals surface area contributed by atoms with Crippen LogP contribution in [0.2, 0.25) is 0 Å². The van der Waals surface area contributed by atoms with Crippen LogP contribution in [-0.4, -0.2) is 20.2 Å². The lowest BCUT2D eigenvalue weighted by molar-refractivity contribution is 0.0600. The van der Waals surface area contributed by atoms with Crippen LogP contribution in [-0.2, 0) is 10.2 Å². The molecule has 0 bridgehead atoms. The third kappa shape index (κ3) is 3.12. The number of carbonyl (C=O) groups excluding carboxylic acids is 1. The number of carbonyl (C=O) groups is 1. The summed E-state index contributed by atoms with van der Waals surface area (Å²) in [4.78, 5) is 11.6. The molecule has 0 saturated carbocycles. The maximum atomic E-state index is 11.6. The van der Waals surface area contributed by atoms with Crippen LogP contribution in [0.4, 0.5) is 0 Å². The van der Waals surface area contributed by atoms with E-state index in [0.717, 1.165) is 14.9 Å². The first kappa shape index (κ1) is 14.3. The monoisotopic (exact) mass is 348 g/mol. The fourth-order valence-electron chi connectivity index (χ4n) is 1.59. The van der Waals surface area contributed by atoms with Gasteiger partial charge in [0.15, 0.2) is 0 Å². The molecular formula is C13H17IO3. The highest BCUT2D eigenvalue weighted by Crippen LogP contribution is 2.36. The Morgan fingerprint density at radius 1 is 1.24 bits per heavy atom. The average molecular weight is 348 g/mol. The Kier molecular flexibility index (Phi) is 4.41. The Morgan fingerprint density at radius 3 is 2.24 bits per heavy atom. The number of hydrogen-bond acceptors (Lipinski definition) is 3. The highest BCUT2D eigenvalue weighted by atomic mass is 127. The molecule has 0 aliphatic rings. The summed E-state index contributed by atoms with van der Waals surface area (Å²) in [6.07, 6.45) is 0. The summed E-state index contributed by atoms with van der Waals surface area (Å²) in [6, 6.07) is 3.62. The van der Waals surface area contributed by atoms with Crippen molar-refractivity contribution in [3.05, 3.63) is 26.8 Å². The van der Waals surface area contributed by atoms with Gasteiger partial charge in [0.1, 0.15) is 5.75 Å². The molecule has 0 fully saturated rings. The van der Waals surface area contributed by atoms with Crippen LogP contribution in [0.5, 0.6) is 5.75 Å². The van der Waals surface area contributed by atoms with Crippen molar-refractivity contribution in [2.75, 3.05) is 14.2 Å². The molecule has 0 radical (unpaired) electrons. The fourth-order valence-corrected chi connectivity index (χ4v) is 2.44. The van der Waals surface area contributed by atoms with E-state index in [1.807, 2.05) is 6.07 Å². The van der Waals surface area contributed by atoms with Gasteiger partial charge in [-0.05, 0) is 40.1 Å².